The summed E-state index contributed by atoms with van der Waals surface area (Å²) in [6.07, 6.45) is 1.59. The lowest BCUT2D eigenvalue weighted by atomic mass is 10.3. The summed E-state index contributed by atoms with van der Waals surface area (Å²) in [5.74, 6) is 0.240. The molecule has 0 aliphatic heterocycles. The highest BCUT2D eigenvalue weighted by atomic mass is 32.1. The van der Waals surface area contributed by atoms with E-state index >= 15 is 0 Å². The number of hydrogen-bond donors (Lipinski definition) is 2. The maximum absolute atomic E-state index is 5.49. The van der Waals surface area contributed by atoms with Crippen LogP contribution in [0, 0.1) is 0 Å². The Morgan fingerprint density at radius 3 is 2.62 bits per heavy atom. The number of thiazole rings is 1. The van der Waals surface area contributed by atoms with Crippen LogP contribution in [-0.4, -0.2) is 15.0 Å². The molecule has 0 fully saturated rings. The van der Waals surface area contributed by atoms with Crippen LogP contribution in [0.2, 0.25) is 0 Å². The molecule has 0 unspecified atom stereocenters. The van der Waals surface area contributed by atoms with Crippen molar-refractivity contribution >= 4 is 22.4 Å². The third-order valence-electron chi connectivity index (χ3n) is 1.46. The van der Waals surface area contributed by atoms with Gasteiger partial charge in [-0.2, -0.15) is 0 Å². The third-order valence-corrected chi connectivity index (χ3v) is 2.13. The van der Waals surface area contributed by atoms with Crippen LogP contribution < -0.4 is 11.5 Å². The number of nitrogens with two attached hydrogens (primary N) is 2. The smallest absolute Gasteiger partial charge is 0.220 e. The van der Waals surface area contributed by atoms with Crippen molar-refractivity contribution in [3.8, 4) is 11.4 Å². The maximum Gasteiger partial charge on any atom is 0.220 e. The maximum atomic E-state index is 5.49. The van der Waals surface area contributed by atoms with Crippen LogP contribution in [0.15, 0.2) is 17.6 Å². The molecule has 5 nitrogen and oxygen atoms in total. The van der Waals surface area contributed by atoms with Crippen LogP contribution >= 0.6 is 11.3 Å². The van der Waals surface area contributed by atoms with Crippen molar-refractivity contribution in [1.82, 2.24) is 15.0 Å². The zero-order valence-electron chi connectivity index (χ0n) is 6.64. The van der Waals surface area contributed by atoms with Gasteiger partial charge in [0.1, 0.15) is 5.69 Å². The average molecular weight is 193 g/mol. The van der Waals surface area contributed by atoms with E-state index in [1.807, 2.05) is 5.38 Å². The molecule has 0 spiro atoms. The molecule has 2 aromatic rings. The quantitative estimate of drug-likeness (QED) is 0.697. The second-order valence-electron chi connectivity index (χ2n) is 2.37. The minimum Gasteiger partial charge on any atom is -0.375 e. The van der Waals surface area contributed by atoms with E-state index < -0.39 is 0 Å². The largest absolute Gasteiger partial charge is 0.375 e. The summed E-state index contributed by atoms with van der Waals surface area (Å²) in [5, 5.41) is 2.35. The normalized spacial score (nSPS) is 10.2. The van der Waals surface area contributed by atoms with E-state index in [2.05, 4.69) is 15.0 Å². The Morgan fingerprint density at radius 1 is 1.15 bits per heavy atom. The first-order chi connectivity index (χ1) is 6.25. The van der Waals surface area contributed by atoms with E-state index in [4.69, 9.17) is 11.5 Å². The first kappa shape index (κ1) is 7.93. The van der Waals surface area contributed by atoms with Crippen molar-refractivity contribution in [2.75, 3.05) is 11.5 Å². The Bertz CT molecular complexity index is 424. The van der Waals surface area contributed by atoms with Crippen molar-refractivity contribution in [2.45, 2.75) is 0 Å². The highest BCUT2D eigenvalue weighted by Crippen LogP contribution is 2.20. The lowest BCUT2D eigenvalue weighted by molar-refractivity contribution is 1.18. The summed E-state index contributed by atoms with van der Waals surface area (Å²) in [4.78, 5) is 11.9. The third kappa shape index (κ3) is 1.57. The Hall–Kier alpha value is -1.69. The van der Waals surface area contributed by atoms with Crippen LogP contribution in [-0.2, 0) is 0 Å². The number of anilines is 2. The second-order valence-corrected chi connectivity index (χ2v) is 3.26. The van der Waals surface area contributed by atoms with Crippen LogP contribution in [0.25, 0.3) is 11.4 Å². The molecule has 2 rings (SSSR count). The molecule has 0 saturated carbocycles. The second kappa shape index (κ2) is 2.98. The Morgan fingerprint density at radius 2 is 2.00 bits per heavy atom. The van der Waals surface area contributed by atoms with Gasteiger partial charge in [0.25, 0.3) is 0 Å². The van der Waals surface area contributed by atoms with Gasteiger partial charge < -0.3 is 11.5 Å². The Labute approximate surface area is 78.5 Å². The number of hydrogen-bond acceptors (Lipinski definition) is 6. The summed E-state index contributed by atoms with van der Waals surface area (Å²) in [6.45, 7) is 0. The van der Waals surface area contributed by atoms with E-state index in [1.54, 1.807) is 12.3 Å². The Balaban J connectivity index is 2.46. The molecule has 0 amide bonds. The molecule has 4 N–H and O–H groups in total. The topological polar surface area (TPSA) is 90.7 Å². The van der Waals surface area contributed by atoms with Gasteiger partial charge in [-0.05, 0) is 6.07 Å². The predicted octanol–water partition coefficient (Wildman–Crippen LogP) is 0.764. The summed E-state index contributed by atoms with van der Waals surface area (Å²) < 4.78 is 0. The summed E-state index contributed by atoms with van der Waals surface area (Å²) in [7, 11) is 0. The van der Waals surface area contributed by atoms with Gasteiger partial charge in [-0.1, -0.05) is 0 Å². The van der Waals surface area contributed by atoms with Gasteiger partial charge in [-0.15, -0.1) is 11.3 Å². The molecular formula is C7H7N5S. The minimum atomic E-state index is 0.240. The number of nitrogens with zero attached hydrogens (tertiary/aromatic N) is 3. The van der Waals surface area contributed by atoms with Crippen LogP contribution in [0.1, 0.15) is 0 Å². The summed E-state index contributed by atoms with van der Waals surface area (Å²) in [5.41, 5.74) is 12.3. The fraction of sp³-hybridized carbons (Fsp3) is 0. The van der Waals surface area contributed by atoms with Crippen molar-refractivity contribution in [3.05, 3.63) is 17.6 Å². The van der Waals surface area contributed by atoms with Gasteiger partial charge in [0, 0.05) is 11.6 Å². The first-order valence-electron chi connectivity index (χ1n) is 3.55. The first-order valence-corrected chi connectivity index (χ1v) is 4.43. The molecule has 0 aliphatic carbocycles. The van der Waals surface area contributed by atoms with Gasteiger partial charge in [-0.3, -0.25) is 0 Å². The minimum absolute atomic E-state index is 0.240. The van der Waals surface area contributed by atoms with E-state index in [0.29, 0.717) is 10.8 Å². The molecule has 0 aromatic carbocycles. The van der Waals surface area contributed by atoms with Gasteiger partial charge in [-0.25, -0.2) is 15.0 Å². The molecule has 0 radical (unpaired) electrons. The van der Waals surface area contributed by atoms with E-state index in [0.717, 1.165) is 5.69 Å². The molecule has 0 atom stereocenters. The van der Waals surface area contributed by atoms with Crippen LogP contribution in [0.3, 0.4) is 0 Å². The lowest BCUT2D eigenvalue weighted by Crippen LogP contribution is -1.95. The summed E-state index contributed by atoms with van der Waals surface area (Å²) in [6, 6.07) is 1.74. The zero-order valence-corrected chi connectivity index (χ0v) is 7.45. The van der Waals surface area contributed by atoms with Crippen molar-refractivity contribution in [2.24, 2.45) is 0 Å². The predicted molar refractivity (Wildman–Crippen MR) is 52.0 cm³/mol. The SMILES string of the molecule is Nc1nccc(-c2csc(N)n2)n1. The van der Waals surface area contributed by atoms with Gasteiger partial charge in [0.15, 0.2) is 5.13 Å². The molecule has 13 heavy (non-hydrogen) atoms. The average Bonchev–Trinajstić information content (AvgIpc) is 2.52. The van der Waals surface area contributed by atoms with Crippen LogP contribution in [0.4, 0.5) is 11.1 Å². The fourth-order valence-electron chi connectivity index (χ4n) is 0.922. The standard InChI is InChI=1S/C7H7N5S/c8-6-10-2-1-4(11-6)5-3-13-7(9)12-5/h1-3H,(H2,9,12)(H2,8,10,11). The molecule has 0 aliphatic rings. The molecular weight excluding hydrogens is 186 g/mol. The van der Waals surface area contributed by atoms with E-state index in [1.165, 1.54) is 11.3 Å². The zero-order chi connectivity index (χ0) is 9.26. The molecule has 66 valence electrons. The van der Waals surface area contributed by atoms with E-state index in [-0.39, 0.29) is 5.95 Å². The van der Waals surface area contributed by atoms with E-state index in [9.17, 15) is 0 Å². The van der Waals surface area contributed by atoms with Gasteiger partial charge in [0.05, 0.1) is 5.69 Å². The molecule has 2 aromatic heterocycles. The molecule has 0 bridgehead atoms. The monoisotopic (exact) mass is 193 g/mol. The van der Waals surface area contributed by atoms with Crippen molar-refractivity contribution in [1.29, 1.82) is 0 Å². The molecule has 2 heterocycles. The van der Waals surface area contributed by atoms with Crippen LogP contribution in [0.5, 0.6) is 0 Å². The number of rotatable bonds is 1. The molecule has 6 heteroatoms. The fourth-order valence-corrected chi connectivity index (χ4v) is 1.48. The lowest BCUT2D eigenvalue weighted by Gasteiger charge is -1.95. The molecule has 0 saturated heterocycles. The van der Waals surface area contributed by atoms with Crippen molar-refractivity contribution in [3.63, 3.8) is 0 Å². The number of aromatic nitrogens is 3. The summed E-state index contributed by atoms with van der Waals surface area (Å²) >= 11 is 1.37. The van der Waals surface area contributed by atoms with Crippen molar-refractivity contribution < 1.29 is 0 Å². The highest BCUT2D eigenvalue weighted by Gasteiger charge is 2.03. The Kier molecular flexibility index (Phi) is 1.82. The van der Waals surface area contributed by atoms with Gasteiger partial charge >= 0.3 is 0 Å². The number of nitrogen functional groups attached to an aromatic ring is 2. The van der Waals surface area contributed by atoms with Gasteiger partial charge in [0.2, 0.25) is 5.95 Å². The highest BCUT2D eigenvalue weighted by molar-refractivity contribution is 7.13.